The lowest BCUT2D eigenvalue weighted by atomic mass is 9.78. The van der Waals surface area contributed by atoms with Gasteiger partial charge in [-0.1, -0.05) is 31.5 Å². The normalized spacial score (nSPS) is 22.7. The SMILES string of the molecule is CCC1(CC)CN(C(=O)CN2CCNC(C)C2)c2cc(Cl)ccc21.O=CN1CCOCC1. The average Bonchev–Trinajstić information content (AvgIpc) is 3.14. The summed E-state index contributed by atoms with van der Waals surface area (Å²) in [5.41, 5.74) is 2.35. The Labute approximate surface area is 197 Å². The molecule has 32 heavy (non-hydrogen) atoms. The van der Waals surface area contributed by atoms with Crippen LogP contribution in [0.3, 0.4) is 0 Å². The van der Waals surface area contributed by atoms with E-state index in [9.17, 15) is 9.59 Å². The van der Waals surface area contributed by atoms with Crippen LogP contribution in [-0.4, -0.2) is 87.2 Å². The fraction of sp³-hybridized carbons (Fsp3) is 0.667. The van der Waals surface area contributed by atoms with Crippen LogP contribution >= 0.6 is 11.6 Å². The van der Waals surface area contributed by atoms with E-state index in [0.717, 1.165) is 64.2 Å². The highest BCUT2D eigenvalue weighted by molar-refractivity contribution is 6.31. The molecular weight excluding hydrogens is 428 g/mol. The van der Waals surface area contributed by atoms with Crippen molar-refractivity contribution in [3.05, 3.63) is 28.8 Å². The number of morpholine rings is 1. The van der Waals surface area contributed by atoms with Gasteiger partial charge in [-0.2, -0.15) is 0 Å². The molecule has 0 aromatic heterocycles. The number of hydrogen-bond acceptors (Lipinski definition) is 5. The Hall–Kier alpha value is -1.67. The van der Waals surface area contributed by atoms with Crippen LogP contribution in [0.5, 0.6) is 0 Å². The summed E-state index contributed by atoms with van der Waals surface area (Å²) >= 11 is 6.23. The minimum atomic E-state index is 0.0618. The predicted octanol–water partition coefficient (Wildman–Crippen LogP) is 2.51. The zero-order valence-corrected chi connectivity index (χ0v) is 20.4. The van der Waals surface area contributed by atoms with Gasteiger partial charge in [0.05, 0.1) is 19.8 Å². The Morgan fingerprint density at radius 2 is 1.97 bits per heavy atom. The topological polar surface area (TPSA) is 65.1 Å². The highest BCUT2D eigenvalue weighted by Crippen LogP contribution is 2.46. The van der Waals surface area contributed by atoms with Crippen molar-refractivity contribution in [3.8, 4) is 0 Å². The van der Waals surface area contributed by atoms with Crippen LogP contribution in [0.15, 0.2) is 18.2 Å². The fourth-order valence-electron chi connectivity index (χ4n) is 4.84. The number of piperazine rings is 1. The van der Waals surface area contributed by atoms with Crippen LogP contribution in [0, 0.1) is 0 Å². The molecule has 1 aromatic rings. The van der Waals surface area contributed by atoms with Gasteiger partial charge < -0.3 is 19.9 Å². The maximum absolute atomic E-state index is 13.0. The first-order valence-corrected chi connectivity index (χ1v) is 12.1. The average molecular weight is 465 g/mol. The van der Waals surface area contributed by atoms with Gasteiger partial charge in [-0.15, -0.1) is 0 Å². The van der Waals surface area contributed by atoms with Crippen molar-refractivity contribution in [1.29, 1.82) is 0 Å². The summed E-state index contributed by atoms with van der Waals surface area (Å²) in [4.78, 5) is 29.0. The largest absolute Gasteiger partial charge is 0.378 e. The lowest BCUT2D eigenvalue weighted by Crippen LogP contribution is -2.52. The summed E-state index contributed by atoms with van der Waals surface area (Å²) in [6.45, 7) is 13.6. The molecule has 0 saturated carbocycles. The van der Waals surface area contributed by atoms with E-state index >= 15 is 0 Å². The summed E-state index contributed by atoms with van der Waals surface area (Å²) < 4.78 is 5.00. The number of fused-ring (bicyclic) bond motifs is 1. The lowest BCUT2D eigenvalue weighted by Gasteiger charge is -2.33. The molecular formula is C24H37ClN4O3. The molecule has 3 heterocycles. The number of hydrogen-bond donors (Lipinski definition) is 1. The lowest BCUT2D eigenvalue weighted by molar-refractivity contribution is -0.122. The van der Waals surface area contributed by atoms with E-state index in [1.54, 1.807) is 4.90 Å². The highest BCUT2D eigenvalue weighted by atomic mass is 35.5. The van der Waals surface area contributed by atoms with Gasteiger partial charge in [0.1, 0.15) is 0 Å². The molecule has 3 aliphatic heterocycles. The van der Waals surface area contributed by atoms with Gasteiger partial charge in [0.25, 0.3) is 0 Å². The first kappa shape index (κ1) is 25.0. The molecule has 1 atom stereocenters. The van der Waals surface area contributed by atoms with Crippen LogP contribution in [0.1, 0.15) is 39.2 Å². The van der Waals surface area contributed by atoms with E-state index in [1.165, 1.54) is 5.56 Å². The number of nitrogens with one attached hydrogen (secondary N) is 1. The molecule has 8 heteroatoms. The highest BCUT2D eigenvalue weighted by Gasteiger charge is 2.42. The molecule has 178 valence electrons. The Bertz CT molecular complexity index is 781. The standard InChI is InChI=1S/C19H28ClN3O.C5H9NO2/c1-4-19(5-2)13-23(17-10-15(20)6-7-16(17)19)18(24)12-22-9-8-21-14(3)11-22;7-5-6-1-3-8-4-2-6/h6-7,10,14,21H,4-5,8-9,11-13H2,1-3H3;5H,1-4H2. The van der Waals surface area contributed by atoms with Crippen LogP contribution < -0.4 is 10.2 Å². The third kappa shape index (κ3) is 5.81. The van der Waals surface area contributed by atoms with E-state index < -0.39 is 0 Å². The smallest absolute Gasteiger partial charge is 0.241 e. The molecule has 1 N–H and O–H groups in total. The van der Waals surface area contributed by atoms with Crippen molar-refractivity contribution in [3.63, 3.8) is 0 Å². The summed E-state index contributed by atoms with van der Waals surface area (Å²) in [5.74, 6) is 0.191. The van der Waals surface area contributed by atoms with Gasteiger partial charge in [-0.05, 0) is 37.5 Å². The van der Waals surface area contributed by atoms with E-state index in [2.05, 4.69) is 37.1 Å². The molecule has 2 fully saturated rings. The number of nitrogens with zero attached hydrogens (tertiary/aromatic N) is 3. The second-order valence-electron chi connectivity index (χ2n) is 8.97. The van der Waals surface area contributed by atoms with Gasteiger partial charge in [0.2, 0.25) is 12.3 Å². The molecule has 2 amide bonds. The van der Waals surface area contributed by atoms with Crippen molar-refractivity contribution in [2.24, 2.45) is 0 Å². The number of carbonyl (C=O) groups is 2. The van der Waals surface area contributed by atoms with Crippen LogP contribution in [0.4, 0.5) is 5.69 Å². The predicted molar refractivity (Wildman–Crippen MR) is 128 cm³/mol. The molecule has 7 nitrogen and oxygen atoms in total. The summed E-state index contributed by atoms with van der Waals surface area (Å²) in [6.07, 6.45) is 2.93. The molecule has 0 radical (unpaired) electrons. The van der Waals surface area contributed by atoms with Crippen molar-refractivity contribution in [2.75, 3.05) is 63.9 Å². The number of halogens is 1. The van der Waals surface area contributed by atoms with Gasteiger partial charge in [-0.3, -0.25) is 14.5 Å². The van der Waals surface area contributed by atoms with E-state index in [-0.39, 0.29) is 11.3 Å². The molecule has 1 aromatic carbocycles. The van der Waals surface area contributed by atoms with Crippen molar-refractivity contribution >= 4 is 29.6 Å². The van der Waals surface area contributed by atoms with Crippen LogP contribution in [0.2, 0.25) is 5.02 Å². The molecule has 0 aliphatic carbocycles. The Balaban J connectivity index is 0.000000305. The quantitative estimate of drug-likeness (QED) is 0.678. The second kappa shape index (κ2) is 11.5. The van der Waals surface area contributed by atoms with Gasteiger partial charge in [0, 0.05) is 61.4 Å². The maximum Gasteiger partial charge on any atom is 0.241 e. The number of rotatable bonds is 5. The third-order valence-corrected chi connectivity index (χ3v) is 7.18. The molecule has 0 spiro atoms. The number of benzene rings is 1. The number of anilines is 1. The van der Waals surface area contributed by atoms with Crippen molar-refractivity contribution < 1.29 is 14.3 Å². The Kier molecular flexibility index (Phi) is 8.94. The van der Waals surface area contributed by atoms with E-state index in [4.69, 9.17) is 16.3 Å². The summed E-state index contributed by atoms with van der Waals surface area (Å²) in [6, 6.07) is 6.47. The zero-order chi connectivity index (χ0) is 23.1. The van der Waals surface area contributed by atoms with Gasteiger partial charge in [0.15, 0.2) is 0 Å². The summed E-state index contributed by atoms with van der Waals surface area (Å²) in [7, 11) is 0. The molecule has 4 rings (SSSR count). The Morgan fingerprint density at radius 3 is 2.56 bits per heavy atom. The first-order valence-electron chi connectivity index (χ1n) is 11.8. The fourth-order valence-corrected chi connectivity index (χ4v) is 5.01. The van der Waals surface area contributed by atoms with Gasteiger partial charge >= 0.3 is 0 Å². The van der Waals surface area contributed by atoms with Gasteiger partial charge in [-0.25, -0.2) is 0 Å². The number of ether oxygens (including phenoxy) is 1. The monoisotopic (exact) mass is 464 g/mol. The zero-order valence-electron chi connectivity index (χ0n) is 19.6. The maximum atomic E-state index is 13.0. The number of carbonyl (C=O) groups excluding carboxylic acids is 2. The third-order valence-electron chi connectivity index (χ3n) is 6.94. The first-order chi connectivity index (χ1) is 15.4. The van der Waals surface area contributed by atoms with Crippen LogP contribution in [0.25, 0.3) is 0 Å². The van der Waals surface area contributed by atoms with Crippen molar-refractivity contribution in [1.82, 2.24) is 15.1 Å². The number of amides is 2. The van der Waals surface area contributed by atoms with E-state index in [1.807, 2.05) is 17.0 Å². The minimum Gasteiger partial charge on any atom is -0.378 e. The Morgan fingerprint density at radius 1 is 1.25 bits per heavy atom. The molecule has 0 bridgehead atoms. The molecule has 2 saturated heterocycles. The summed E-state index contributed by atoms with van der Waals surface area (Å²) in [5, 5.41) is 4.12. The molecule has 1 unspecified atom stereocenters. The minimum absolute atomic E-state index is 0.0618. The van der Waals surface area contributed by atoms with E-state index in [0.29, 0.717) is 30.8 Å². The van der Waals surface area contributed by atoms with Crippen molar-refractivity contribution in [2.45, 2.75) is 45.1 Å². The second-order valence-corrected chi connectivity index (χ2v) is 9.41. The molecule has 3 aliphatic rings. The van der Waals surface area contributed by atoms with Crippen LogP contribution in [-0.2, 0) is 19.7 Å².